The topological polar surface area (TPSA) is 71.5 Å². The number of imidazole rings is 1. The van der Waals surface area contributed by atoms with Gasteiger partial charge in [-0.1, -0.05) is 29.8 Å². The van der Waals surface area contributed by atoms with Gasteiger partial charge in [-0.05, 0) is 44.0 Å². The third-order valence-electron chi connectivity index (χ3n) is 6.26. The number of benzene rings is 1. The largest absolute Gasteiger partial charge is 0.432 e. The molecule has 152 valence electrons. The average Bonchev–Trinajstić information content (AvgIpc) is 3.36. The summed E-state index contributed by atoms with van der Waals surface area (Å²) in [5.74, 6) is 1.84. The third-order valence-corrected chi connectivity index (χ3v) is 6.59. The Morgan fingerprint density at radius 1 is 1.10 bits per heavy atom. The quantitative estimate of drug-likeness (QED) is 0.533. The van der Waals surface area contributed by atoms with Crippen LogP contribution in [0.1, 0.15) is 12.8 Å². The summed E-state index contributed by atoms with van der Waals surface area (Å²) in [5.41, 5.74) is 3.20. The maximum atomic E-state index is 6.48. The third kappa shape index (κ3) is 2.97. The molecule has 0 radical (unpaired) electrons. The molecule has 3 fully saturated rings. The Morgan fingerprint density at radius 2 is 1.97 bits per heavy atom. The van der Waals surface area contributed by atoms with Gasteiger partial charge in [0, 0.05) is 30.5 Å². The van der Waals surface area contributed by atoms with Crippen molar-refractivity contribution in [2.24, 2.45) is 5.92 Å². The van der Waals surface area contributed by atoms with Crippen molar-refractivity contribution < 1.29 is 4.42 Å². The van der Waals surface area contributed by atoms with Crippen molar-refractivity contribution in [2.45, 2.75) is 18.9 Å². The molecular weight excluding hydrogens is 400 g/mol. The Morgan fingerprint density at radius 3 is 2.77 bits per heavy atom. The Bertz CT molecular complexity index is 1210. The number of nitrogens with one attached hydrogen (secondary N) is 1. The average molecular weight is 421 g/mol. The van der Waals surface area contributed by atoms with Crippen molar-refractivity contribution in [3.05, 3.63) is 54.0 Å². The Kier molecular flexibility index (Phi) is 4.24. The lowest BCUT2D eigenvalue weighted by molar-refractivity contribution is 0.0972. The molecule has 7 rings (SSSR count). The maximum Gasteiger partial charge on any atom is 0.306 e. The number of hydrogen-bond donors (Lipinski definition) is 1. The molecule has 0 aliphatic carbocycles. The summed E-state index contributed by atoms with van der Waals surface area (Å²) in [6.07, 6.45) is 7.75. The second-order valence-electron chi connectivity index (χ2n) is 8.00. The number of nitrogens with zero attached hydrogens (tertiary/aromatic N) is 5. The highest BCUT2D eigenvalue weighted by Gasteiger charge is 2.34. The lowest BCUT2D eigenvalue weighted by Gasteiger charge is -2.44. The van der Waals surface area contributed by atoms with Crippen LogP contribution in [0, 0.1) is 5.92 Å². The number of rotatable bonds is 4. The molecule has 1 N–H and O–H groups in total. The smallest absolute Gasteiger partial charge is 0.306 e. The van der Waals surface area contributed by atoms with E-state index in [9.17, 15) is 0 Å². The van der Waals surface area contributed by atoms with Crippen LogP contribution in [0.25, 0.3) is 28.5 Å². The van der Waals surface area contributed by atoms with E-state index in [2.05, 4.69) is 20.2 Å². The van der Waals surface area contributed by atoms with Crippen LogP contribution in [-0.4, -0.2) is 49.9 Å². The van der Waals surface area contributed by atoms with E-state index in [1.54, 1.807) is 12.5 Å². The molecule has 1 atom stereocenters. The molecule has 3 saturated heterocycles. The molecule has 7 nitrogen and oxygen atoms in total. The summed E-state index contributed by atoms with van der Waals surface area (Å²) >= 11 is 6.48. The van der Waals surface area contributed by atoms with E-state index in [-0.39, 0.29) is 0 Å². The van der Waals surface area contributed by atoms with Crippen molar-refractivity contribution in [1.29, 1.82) is 0 Å². The number of hydrogen-bond acceptors (Lipinski definition) is 6. The van der Waals surface area contributed by atoms with E-state index in [1.165, 1.54) is 25.9 Å². The summed E-state index contributed by atoms with van der Waals surface area (Å²) in [6, 6.07) is 9.98. The van der Waals surface area contributed by atoms with Crippen molar-refractivity contribution in [1.82, 2.24) is 24.3 Å². The number of aromatic nitrogens is 4. The van der Waals surface area contributed by atoms with Crippen LogP contribution in [0.5, 0.6) is 0 Å². The van der Waals surface area contributed by atoms with Crippen LogP contribution >= 0.6 is 11.6 Å². The summed E-state index contributed by atoms with van der Waals surface area (Å²) in [5, 5.41) is 4.22. The van der Waals surface area contributed by atoms with Gasteiger partial charge in [-0.15, -0.1) is 0 Å². The first-order valence-electron chi connectivity index (χ1n) is 10.3. The molecule has 4 aromatic rings. The molecule has 2 bridgehead atoms. The van der Waals surface area contributed by atoms with Crippen molar-refractivity contribution >= 4 is 23.4 Å². The first kappa shape index (κ1) is 17.9. The zero-order valence-corrected chi connectivity index (χ0v) is 17.1. The molecule has 0 spiro atoms. The van der Waals surface area contributed by atoms with E-state index in [4.69, 9.17) is 21.0 Å². The molecule has 0 amide bonds. The van der Waals surface area contributed by atoms with Gasteiger partial charge in [-0.2, -0.15) is 4.98 Å². The van der Waals surface area contributed by atoms with Gasteiger partial charge in [0.2, 0.25) is 5.95 Å². The molecule has 30 heavy (non-hydrogen) atoms. The summed E-state index contributed by atoms with van der Waals surface area (Å²) in [7, 11) is 0. The molecule has 1 unspecified atom stereocenters. The second kappa shape index (κ2) is 7.11. The first-order chi connectivity index (χ1) is 14.8. The van der Waals surface area contributed by atoms with Gasteiger partial charge < -0.3 is 14.6 Å². The zero-order valence-electron chi connectivity index (χ0n) is 16.3. The molecule has 3 aromatic heterocycles. The highest BCUT2D eigenvalue weighted by Crippen LogP contribution is 2.36. The van der Waals surface area contributed by atoms with Crippen molar-refractivity contribution in [3.8, 4) is 22.6 Å². The van der Waals surface area contributed by atoms with Crippen LogP contribution in [0.2, 0.25) is 5.02 Å². The molecule has 3 aliphatic heterocycles. The summed E-state index contributed by atoms with van der Waals surface area (Å²) in [6.45, 7) is 3.47. The highest BCUT2D eigenvalue weighted by atomic mass is 35.5. The number of halogens is 1. The fraction of sp³-hybridized carbons (Fsp3) is 0.318. The van der Waals surface area contributed by atoms with Crippen molar-refractivity contribution in [3.63, 3.8) is 0 Å². The Balaban J connectivity index is 1.41. The van der Waals surface area contributed by atoms with E-state index >= 15 is 0 Å². The SMILES string of the molecule is Clc1ccccc1-c1nc2occn2c1-c1ccnc(NC2CN3CCC2CC3)n1. The van der Waals surface area contributed by atoms with Crippen LogP contribution in [0.4, 0.5) is 5.95 Å². The van der Waals surface area contributed by atoms with Gasteiger partial charge in [-0.25, -0.2) is 9.97 Å². The lowest BCUT2D eigenvalue weighted by Crippen LogP contribution is -2.53. The molecule has 6 heterocycles. The maximum absolute atomic E-state index is 6.48. The fourth-order valence-corrected chi connectivity index (χ4v) is 4.95. The number of anilines is 1. The highest BCUT2D eigenvalue weighted by molar-refractivity contribution is 6.33. The minimum absolute atomic E-state index is 0.394. The first-order valence-corrected chi connectivity index (χ1v) is 10.7. The Labute approximate surface area is 178 Å². The standard InChI is InChI=1S/C22H21ClN6O/c23-16-4-2-1-3-15(16)19-20(29-11-12-30-22(29)27-19)17-5-8-24-21(25-17)26-18-13-28-9-6-14(18)7-10-28/h1-5,8,11-12,14,18H,6-7,9-10,13H2,(H,24,25,26). The predicted molar refractivity (Wildman–Crippen MR) is 116 cm³/mol. The van der Waals surface area contributed by atoms with Gasteiger partial charge in [-0.3, -0.25) is 4.40 Å². The number of fused-ring (bicyclic) bond motifs is 4. The monoisotopic (exact) mass is 420 g/mol. The van der Waals surface area contributed by atoms with Crippen LogP contribution in [0.3, 0.4) is 0 Å². The van der Waals surface area contributed by atoms with E-state index < -0.39 is 0 Å². The number of oxazole rings is 1. The lowest BCUT2D eigenvalue weighted by atomic mass is 9.84. The van der Waals surface area contributed by atoms with Gasteiger partial charge in [0.05, 0.1) is 10.7 Å². The summed E-state index contributed by atoms with van der Waals surface area (Å²) in [4.78, 5) is 16.5. The van der Waals surface area contributed by atoms with Crippen LogP contribution in [0.15, 0.2) is 53.4 Å². The molecule has 3 aliphatic rings. The van der Waals surface area contributed by atoms with Gasteiger partial charge in [0.15, 0.2) is 0 Å². The van der Waals surface area contributed by atoms with Crippen LogP contribution < -0.4 is 5.32 Å². The number of piperidine rings is 3. The fourth-order valence-electron chi connectivity index (χ4n) is 4.73. The Hall–Kier alpha value is -2.90. The molecular formula is C22H21ClN6O. The van der Waals surface area contributed by atoms with Gasteiger partial charge >= 0.3 is 5.84 Å². The predicted octanol–water partition coefficient (Wildman–Crippen LogP) is 4.21. The molecule has 8 heteroatoms. The van der Waals surface area contributed by atoms with Crippen LogP contribution in [-0.2, 0) is 0 Å². The normalized spacial score (nSPS) is 23.2. The molecule has 1 aromatic carbocycles. The molecule has 0 saturated carbocycles. The van der Waals surface area contributed by atoms with E-state index in [0.29, 0.717) is 28.8 Å². The van der Waals surface area contributed by atoms with Gasteiger partial charge in [0.1, 0.15) is 17.7 Å². The summed E-state index contributed by atoms with van der Waals surface area (Å²) < 4.78 is 7.45. The van der Waals surface area contributed by atoms with Gasteiger partial charge in [0.25, 0.3) is 0 Å². The minimum atomic E-state index is 0.394. The van der Waals surface area contributed by atoms with E-state index in [0.717, 1.165) is 29.2 Å². The minimum Gasteiger partial charge on any atom is -0.432 e. The van der Waals surface area contributed by atoms with E-state index in [1.807, 2.05) is 40.9 Å². The van der Waals surface area contributed by atoms with Crippen molar-refractivity contribution in [2.75, 3.05) is 25.0 Å². The zero-order chi connectivity index (χ0) is 20.1. The second-order valence-corrected chi connectivity index (χ2v) is 8.41.